The van der Waals surface area contributed by atoms with Gasteiger partial charge in [-0.2, -0.15) is 0 Å². The maximum absolute atomic E-state index is 13.1. The first kappa shape index (κ1) is 21.7. The quantitative estimate of drug-likeness (QED) is 0.563. The Labute approximate surface area is 174 Å². The predicted octanol–water partition coefficient (Wildman–Crippen LogP) is 2.22. The van der Waals surface area contributed by atoms with Gasteiger partial charge in [-0.25, -0.2) is 9.18 Å². The van der Waals surface area contributed by atoms with E-state index in [-0.39, 0.29) is 5.92 Å². The molecule has 9 heteroatoms. The summed E-state index contributed by atoms with van der Waals surface area (Å²) in [6, 6.07) is 4.76. The van der Waals surface area contributed by atoms with Crippen LogP contribution in [0.1, 0.15) is 39.5 Å². The lowest BCUT2D eigenvalue weighted by atomic mass is 9.73. The average Bonchev–Trinajstić information content (AvgIpc) is 2.95. The Morgan fingerprint density at radius 1 is 1.27 bits per heavy atom. The van der Waals surface area contributed by atoms with E-state index in [1.54, 1.807) is 6.92 Å². The van der Waals surface area contributed by atoms with Crippen LogP contribution in [0, 0.1) is 11.7 Å². The molecule has 1 saturated carbocycles. The third-order valence-corrected chi connectivity index (χ3v) is 5.90. The van der Waals surface area contributed by atoms with Crippen LogP contribution >= 0.6 is 0 Å². The number of rotatable bonds is 6. The largest absolute Gasteiger partial charge is 0.454 e. The van der Waals surface area contributed by atoms with Gasteiger partial charge in [0.25, 0.3) is 11.8 Å². The van der Waals surface area contributed by atoms with Crippen LogP contribution in [0.2, 0.25) is 0 Å². The zero-order valence-corrected chi connectivity index (χ0v) is 17.2. The topological polar surface area (TPSA) is 96.0 Å². The third kappa shape index (κ3) is 4.15. The first-order chi connectivity index (χ1) is 14.3. The number of likely N-dealkylation sites (N-methyl/N-ethyl adjacent to an activating group) is 1. The second-order valence-electron chi connectivity index (χ2n) is 7.71. The number of imide groups is 1. The van der Waals surface area contributed by atoms with E-state index in [1.807, 2.05) is 6.92 Å². The van der Waals surface area contributed by atoms with E-state index in [2.05, 4.69) is 5.32 Å². The Morgan fingerprint density at radius 3 is 2.60 bits per heavy atom. The monoisotopic (exact) mass is 419 g/mol. The molecule has 0 unspecified atom stereocenters. The van der Waals surface area contributed by atoms with Crippen molar-refractivity contribution in [2.75, 3.05) is 24.6 Å². The van der Waals surface area contributed by atoms with Gasteiger partial charge < -0.3 is 15.0 Å². The summed E-state index contributed by atoms with van der Waals surface area (Å²) < 4.78 is 18.1. The third-order valence-electron chi connectivity index (χ3n) is 5.90. The Balaban J connectivity index is 1.57. The number of hydrogen-bond donors (Lipinski definition) is 1. The molecule has 0 radical (unpaired) electrons. The zero-order valence-electron chi connectivity index (χ0n) is 17.2. The molecule has 1 heterocycles. The second kappa shape index (κ2) is 8.81. The van der Waals surface area contributed by atoms with Crippen molar-refractivity contribution < 1.29 is 28.3 Å². The van der Waals surface area contributed by atoms with Crippen LogP contribution in [0.3, 0.4) is 0 Å². The van der Waals surface area contributed by atoms with Crippen molar-refractivity contribution in [1.82, 2.24) is 10.2 Å². The SMILES string of the molecule is CCN(C(=O)COC(=O)CN1C(=O)N[C@@]2(CCCC[C@@H]2C)C1=O)c1ccc(F)cc1. The number of halogens is 1. The molecule has 3 rings (SSSR count). The van der Waals surface area contributed by atoms with Gasteiger partial charge in [-0.15, -0.1) is 0 Å². The van der Waals surface area contributed by atoms with Gasteiger partial charge in [0.15, 0.2) is 6.61 Å². The smallest absolute Gasteiger partial charge is 0.326 e. The maximum atomic E-state index is 13.1. The minimum atomic E-state index is -0.951. The highest BCUT2D eigenvalue weighted by Crippen LogP contribution is 2.38. The van der Waals surface area contributed by atoms with E-state index in [1.165, 1.54) is 29.2 Å². The van der Waals surface area contributed by atoms with Gasteiger partial charge in [0.2, 0.25) is 0 Å². The molecule has 1 aliphatic heterocycles. The summed E-state index contributed by atoms with van der Waals surface area (Å²) in [6.07, 6.45) is 3.21. The van der Waals surface area contributed by atoms with Crippen molar-refractivity contribution in [2.24, 2.45) is 5.92 Å². The fourth-order valence-corrected chi connectivity index (χ4v) is 4.16. The average molecular weight is 419 g/mol. The Hall–Kier alpha value is -2.97. The molecular weight excluding hydrogens is 393 g/mol. The minimum Gasteiger partial charge on any atom is -0.454 e. The number of hydrogen-bond acceptors (Lipinski definition) is 5. The molecule has 1 N–H and O–H groups in total. The van der Waals surface area contributed by atoms with Crippen molar-refractivity contribution in [3.05, 3.63) is 30.1 Å². The van der Waals surface area contributed by atoms with E-state index in [9.17, 15) is 23.6 Å². The van der Waals surface area contributed by atoms with Crippen molar-refractivity contribution >= 4 is 29.5 Å². The number of nitrogens with one attached hydrogen (secondary N) is 1. The highest BCUT2D eigenvalue weighted by molar-refractivity contribution is 6.09. The van der Waals surface area contributed by atoms with Gasteiger partial charge in [0, 0.05) is 12.2 Å². The van der Waals surface area contributed by atoms with Gasteiger partial charge in [-0.1, -0.05) is 19.8 Å². The second-order valence-corrected chi connectivity index (χ2v) is 7.71. The van der Waals surface area contributed by atoms with Crippen molar-refractivity contribution in [3.63, 3.8) is 0 Å². The molecule has 1 aliphatic carbocycles. The Bertz CT molecular complexity index is 844. The summed E-state index contributed by atoms with van der Waals surface area (Å²) in [5.74, 6) is -2.19. The van der Waals surface area contributed by atoms with Gasteiger partial charge >= 0.3 is 12.0 Å². The molecule has 0 aromatic heterocycles. The molecule has 30 heavy (non-hydrogen) atoms. The molecule has 1 aromatic carbocycles. The number of carbonyl (C=O) groups is 4. The van der Waals surface area contributed by atoms with Crippen LogP contribution in [-0.4, -0.2) is 54.0 Å². The zero-order chi connectivity index (χ0) is 21.9. The summed E-state index contributed by atoms with van der Waals surface area (Å²) in [6.45, 7) is 2.87. The van der Waals surface area contributed by atoms with E-state index in [0.717, 1.165) is 24.2 Å². The number of benzene rings is 1. The number of urea groups is 1. The lowest BCUT2D eigenvalue weighted by Gasteiger charge is -2.36. The number of carbonyl (C=O) groups excluding carboxylic acids is 4. The van der Waals surface area contributed by atoms with Gasteiger partial charge in [-0.3, -0.25) is 19.3 Å². The highest BCUT2D eigenvalue weighted by atomic mass is 19.1. The van der Waals surface area contributed by atoms with E-state index < -0.39 is 48.3 Å². The standard InChI is InChI=1S/C21H26FN3O5/c1-3-24(16-9-7-15(22)8-10-16)17(26)13-30-18(27)12-25-19(28)21(23-20(25)29)11-5-4-6-14(21)2/h7-10,14H,3-6,11-13H2,1-2H3,(H,23,29)/t14-,21+/m0/s1. The van der Waals surface area contributed by atoms with Gasteiger partial charge in [0.1, 0.15) is 17.9 Å². The molecule has 1 saturated heterocycles. The van der Waals surface area contributed by atoms with E-state index in [0.29, 0.717) is 18.7 Å². The Morgan fingerprint density at radius 2 is 1.97 bits per heavy atom. The molecule has 8 nitrogen and oxygen atoms in total. The summed E-state index contributed by atoms with van der Waals surface area (Å²) in [5.41, 5.74) is -0.477. The van der Waals surface area contributed by atoms with E-state index >= 15 is 0 Å². The lowest BCUT2D eigenvalue weighted by molar-refractivity contribution is -0.151. The van der Waals surface area contributed by atoms with Crippen LogP contribution in [-0.2, 0) is 19.1 Å². The number of esters is 1. The summed E-state index contributed by atoms with van der Waals surface area (Å²) in [4.78, 5) is 52.0. The number of amides is 4. The number of anilines is 1. The van der Waals surface area contributed by atoms with Gasteiger partial charge in [-0.05, 0) is 49.9 Å². The first-order valence-electron chi connectivity index (χ1n) is 10.1. The molecule has 2 atom stereocenters. The summed E-state index contributed by atoms with van der Waals surface area (Å²) in [5, 5.41) is 2.77. The minimum absolute atomic E-state index is 0.0147. The van der Waals surface area contributed by atoms with Crippen LogP contribution in [0.4, 0.5) is 14.9 Å². The molecule has 162 valence electrons. The summed E-state index contributed by atoms with van der Waals surface area (Å²) >= 11 is 0. The Kier molecular flexibility index (Phi) is 6.38. The fourth-order valence-electron chi connectivity index (χ4n) is 4.16. The molecule has 2 aliphatic rings. The summed E-state index contributed by atoms with van der Waals surface area (Å²) in [7, 11) is 0. The first-order valence-corrected chi connectivity index (χ1v) is 10.1. The van der Waals surface area contributed by atoms with Crippen LogP contribution in [0.25, 0.3) is 0 Å². The van der Waals surface area contributed by atoms with Crippen LogP contribution < -0.4 is 10.2 Å². The van der Waals surface area contributed by atoms with Gasteiger partial charge in [0.05, 0.1) is 0 Å². The molecule has 4 amide bonds. The fraction of sp³-hybridized carbons (Fsp3) is 0.524. The van der Waals surface area contributed by atoms with E-state index in [4.69, 9.17) is 4.74 Å². The molecule has 1 aromatic rings. The highest BCUT2D eigenvalue weighted by Gasteiger charge is 2.55. The predicted molar refractivity (Wildman–Crippen MR) is 106 cm³/mol. The molecule has 0 bridgehead atoms. The van der Waals surface area contributed by atoms with Crippen molar-refractivity contribution in [3.8, 4) is 0 Å². The number of ether oxygens (including phenoxy) is 1. The number of nitrogens with zero attached hydrogens (tertiary/aromatic N) is 2. The molecule has 1 spiro atoms. The van der Waals surface area contributed by atoms with Crippen LogP contribution in [0.5, 0.6) is 0 Å². The maximum Gasteiger partial charge on any atom is 0.326 e. The van der Waals surface area contributed by atoms with Crippen LogP contribution in [0.15, 0.2) is 24.3 Å². The lowest BCUT2D eigenvalue weighted by Crippen LogP contribution is -2.54. The molecule has 2 fully saturated rings. The normalized spacial score (nSPS) is 23.4. The molecular formula is C21H26FN3O5. The van der Waals surface area contributed by atoms with Crippen molar-refractivity contribution in [2.45, 2.75) is 45.1 Å². The van der Waals surface area contributed by atoms with Crippen molar-refractivity contribution in [1.29, 1.82) is 0 Å².